The van der Waals surface area contributed by atoms with Crippen LogP contribution in [0.4, 0.5) is 0 Å². The lowest BCUT2D eigenvalue weighted by Gasteiger charge is -2.10. The molecule has 1 saturated heterocycles. The van der Waals surface area contributed by atoms with Crippen LogP contribution in [0.2, 0.25) is 5.02 Å². The van der Waals surface area contributed by atoms with Gasteiger partial charge >= 0.3 is 5.97 Å². The van der Waals surface area contributed by atoms with Gasteiger partial charge in [-0.25, -0.2) is 0 Å². The third-order valence-electron chi connectivity index (χ3n) is 4.41. The summed E-state index contributed by atoms with van der Waals surface area (Å²) < 4.78 is 10.1. The molecule has 1 aromatic rings. The van der Waals surface area contributed by atoms with E-state index < -0.39 is 11.2 Å². The van der Waals surface area contributed by atoms with E-state index >= 15 is 0 Å². The van der Waals surface area contributed by atoms with E-state index in [0.717, 1.165) is 25.8 Å². The molecule has 1 aliphatic rings. The van der Waals surface area contributed by atoms with Crippen LogP contribution in [-0.4, -0.2) is 54.7 Å². The lowest BCUT2D eigenvalue weighted by molar-refractivity contribution is -0.757. The molecule has 0 bridgehead atoms. The highest BCUT2D eigenvalue weighted by atomic mass is 35.5. The zero-order valence-corrected chi connectivity index (χ0v) is 19.6. The van der Waals surface area contributed by atoms with Crippen molar-refractivity contribution >= 4 is 17.6 Å². The van der Waals surface area contributed by atoms with Gasteiger partial charge in [0.25, 0.3) is 5.09 Å². The van der Waals surface area contributed by atoms with E-state index in [1.54, 1.807) is 18.2 Å². The van der Waals surface area contributed by atoms with Crippen molar-refractivity contribution in [2.45, 2.75) is 51.2 Å². The van der Waals surface area contributed by atoms with Crippen molar-refractivity contribution in [2.75, 3.05) is 26.4 Å². The summed E-state index contributed by atoms with van der Waals surface area (Å²) in [4.78, 5) is 24.7. The number of nitrogens with one attached hydrogen (secondary N) is 1. The minimum atomic E-state index is -0.917. The number of ether oxygens (including phenoxy) is 2. The number of unbranched alkanes of at least 4 members (excludes halogenated alkanes) is 1. The Bertz CT molecular complexity index is 752. The Labute approximate surface area is 199 Å². The Hall–Kier alpha value is -2.62. The first-order chi connectivity index (χ1) is 15.9. The maximum absolute atomic E-state index is 11.0. The third-order valence-corrected chi connectivity index (χ3v) is 4.65. The molecule has 10 heteroatoms. The van der Waals surface area contributed by atoms with Crippen molar-refractivity contribution in [1.82, 2.24) is 5.32 Å². The van der Waals surface area contributed by atoms with Crippen LogP contribution in [0.5, 0.6) is 5.75 Å². The van der Waals surface area contributed by atoms with Crippen LogP contribution < -0.4 is 10.1 Å². The van der Waals surface area contributed by atoms with Gasteiger partial charge in [0.15, 0.2) is 0 Å². The molecule has 2 rings (SSSR count). The van der Waals surface area contributed by atoms with E-state index in [0.29, 0.717) is 23.2 Å². The number of rotatable bonds is 13. The summed E-state index contributed by atoms with van der Waals surface area (Å²) in [6.07, 6.45) is 11.3. The van der Waals surface area contributed by atoms with Crippen molar-refractivity contribution < 1.29 is 29.3 Å². The molecule has 0 saturated carbocycles. The zero-order chi connectivity index (χ0) is 24.3. The van der Waals surface area contributed by atoms with Crippen molar-refractivity contribution in [2.24, 2.45) is 0 Å². The lowest BCUT2D eigenvalue weighted by atomic mass is 10.2. The molecule has 33 heavy (non-hydrogen) atoms. The molecule has 1 heterocycles. The summed E-state index contributed by atoms with van der Waals surface area (Å²) in [5, 5.41) is 22.5. The van der Waals surface area contributed by atoms with Crippen LogP contribution in [0, 0.1) is 10.1 Å². The maximum atomic E-state index is 11.0. The van der Waals surface area contributed by atoms with E-state index in [-0.39, 0.29) is 25.8 Å². The molecule has 0 aromatic heterocycles. The number of allylic oxidation sites excluding steroid dienone is 2. The average molecular weight is 485 g/mol. The zero-order valence-electron chi connectivity index (χ0n) is 18.9. The molecule has 1 aromatic carbocycles. The second kappa shape index (κ2) is 17.9. The van der Waals surface area contributed by atoms with Crippen LogP contribution in [0.3, 0.4) is 0 Å². The second-order valence-electron chi connectivity index (χ2n) is 7.16. The fourth-order valence-corrected chi connectivity index (χ4v) is 2.98. The lowest BCUT2D eigenvalue weighted by Crippen LogP contribution is -2.20. The molecule has 1 aliphatic heterocycles. The predicted molar refractivity (Wildman–Crippen MR) is 126 cm³/mol. The number of esters is 1. The SMILES string of the molecule is C/C=C\CCCC(=O)OCCO[N+](=O)[O-].OC(/C=C/C1CCCN1)COc1cccc(Cl)c1. The number of nitrogens with zero attached hydrogens (tertiary/aromatic N) is 1. The maximum Gasteiger partial charge on any atom is 0.305 e. The molecule has 0 aliphatic carbocycles. The topological polar surface area (TPSA) is 120 Å². The first-order valence-electron chi connectivity index (χ1n) is 10.9. The predicted octanol–water partition coefficient (Wildman–Crippen LogP) is 3.87. The summed E-state index contributed by atoms with van der Waals surface area (Å²) in [6, 6.07) is 7.56. The fraction of sp³-hybridized carbons (Fsp3) is 0.522. The summed E-state index contributed by atoms with van der Waals surface area (Å²) >= 11 is 5.84. The fourth-order valence-electron chi connectivity index (χ4n) is 2.80. The Morgan fingerprint density at radius 3 is 2.91 bits per heavy atom. The average Bonchev–Trinajstić information content (AvgIpc) is 3.31. The van der Waals surface area contributed by atoms with Crippen LogP contribution in [0.15, 0.2) is 48.6 Å². The van der Waals surface area contributed by atoms with Gasteiger partial charge in [-0.05, 0) is 57.4 Å². The number of benzene rings is 1. The molecule has 0 amide bonds. The van der Waals surface area contributed by atoms with Crippen molar-refractivity contribution in [3.8, 4) is 5.75 Å². The van der Waals surface area contributed by atoms with Gasteiger partial charge in [-0.3, -0.25) is 4.79 Å². The first kappa shape index (κ1) is 28.4. The molecular formula is C23H33ClN2O7. The van der Waals surface area contributed by atoms with Gasteiger partial charge in [0.2, 0.25) is 0 Å². The van der Waals surface area contributed by atoms with Crippen molar-refractivity contribution in [3.63, 3.8) is 0 Å². The minimum absolute atomic E-state index is 0.0799. The minimum Gasteiger partial charge on any atom is -0.491 e. The van der Waals surface area contributed by atoms with Gasteiger partial charge in [-0.2, -0.15) is 0 Å². The quantitative estimate of drug-likeness (QED) is 0.142. The molecule has 0 radical (unpaired) electrons. The number of carbonyl (C=O) groups excluding carboxylic acids is 1. The molecule has 2 unspecified atom stereocenters. The second-order valence-corrected chi connectivity index (χ2v) is 7.60. The van der Waals surface area contributed by atoms with E-state index in [2.05, 4.69) is 14.9 Å². The van der Waals surface area contributed by atoms with Crippen molar-refractivity contribution in [1.29, 1.82) is 0 Å². The van der Waals surface area contributed by atoms with Crippen LogP contribution >= 0.6 is 11.6 Å². The summed E-state index contributed by atoms with van der Waals surface area (Å²) in [5.74, 6) is 0.320. The van der Waals surface area contributed by atoms with E-state index in [1.807, 2.05) is 37.3 Å². The number of aliphatic hydroxyl groups is 1. The largest absolute Gasteiger partial charge is 0.491 e. The molecule has 184 valence electrons. The van der Waals surface area contributed by atoms with Gasteiger partial charge in [-0.15, -0.1) is 10.1 Å². The summed E-state index contributed by atoms with van der Waals surface area (Å²) in [6.45, 7) is 2.91. The molecule has 0 spiro atoms. The van der Waals surface area contributed by atoms with Crippen LogP contribution in [0.1, 0.15) is 39.0 Å². The molecule has 2 atom stereocenters. The Morgan fingerprint density at radius 2 is 2.24 bits per heavy atom. The standard InChI is InChI=1S/C14H18ClNO2.C9H15NO5/c15-11-3-1-5-14(9-11)18-10-13(17)7-6-12-4-2-8-16-12;1-2-3-4-5-6-9(11)14-7-8-15-10(12)13/h1,3,5-7,9,12-13,16-17H,2,4,8,10H2;2-3H,4-8H2,1H3/b7-6+;3-2-. The normalized spacial score (nSPS) is 16.3. The highest BCUT2D eigenvalue weighted by Gasteiger charge is 2.11. The Morgan fingerprint density at radius 1 is 1.42 bits per heavy atom. The Kier molecular flexibility index (Phi) is 15.4. The molecular weight excluding hydrogens is 452 g/mol. The number of carbonyl (C=O) groups is 1. The van der Waals surface area contributed by atoms with Gasteiger partial charge < -0.3 is 24.7 Å². The summed E-state index contributed by atoms with van der Waals surface area (Å²) in [5.41, 5.74) is 0. The van der Waals surface area contributed by atoms with Gasteiger partial charge in [-0.1, -0.05) is 42.0 Å². The van der Waals surface area contributed by atoms with Crippen LogP contribution in [0.25, 0.3) is 0 Å². The molecule has 9 nitrogen and oxygen atoms in total. The van der Waals surface area contributed by atoms with E-state index in [9.17, 15) is 20.0 Å². The molecule has 2 N–H and O–H groups in total. The van der Waals surface area contributed by atoms with Gasteiger partial charge in [0.1, 0.15) is 31.7 Å². The van der Waals surface area contributed by atoms with Crippen molar-refractivity contribution in [3.05, 3.63) is 63.7 Å². The number of halogens is 1. The number of hydrogen-bond donors (Lipinski definition) is 2. The monoisotopic (exact) mass is 484 g/mol. The third kappa shape index (κ3) is 15.8. The highest BCUT2D eigenvalue weighted by molar-refractivity contribution is 6.30. The highest BCUT2D eigenvalue weighted by Crippen LogP contribution is 2.17. The number of hydrogen-bond acceptors (Lipinski definition) is 8. The molecule has 1 fully saturated rings. The smallest absolute Gasteiger partial charge is 0.305 e. The Balaban J connectivity index is 0.000000337. The van der Waals surface area contributed by atoms with E-state index in [1.165, 1.54) is 6.42 Å². The summed E-state index contributed by atoms with van der Waals surface area (Å²) in [7, 11) is 0. The first-order valence-corrected chi connectivity index (χ1v) is 11.3. The van der Waals surface area contributed by atoms with Gasteiger partial charge in [0, 0.05) is 17.5 Å². The van der Waals surface area contributed by atoms with Crippen LogP contribution in [-0.2, 0) is 14.4 Å². The van der Waals surface area contributed by atoms with Gasteiger partial charge in [0.05, 0.1) is 0 Å². The van der Waals surface area contributed by atoms with E-state index in [4.69, 9.17) is 16.3 Å². The number of aliphatic hydroxyl groups excluding tert-OH is 1.